The summed E-state index contributed by atoms with van der Waals surface area (Å²) in [4.78, 5) is 12.5. The van der Waals surface area contributed by atoms with E-state index in [1.54, 1.807) is 25.3 Å². The minimum atomic E-state index is -0.152. The molecule has 0 unspecified atom stereocenters. The molecule has 1 rings (SSSR count). The average molecular weight is 233 g/mol. The highest BCUT2D eigenvalue weighted by Crippen LogP contribution is 2.30. The first-order valence-electron chi connectivity index (χ1n) is 5.25. The van der Waals surface area contributed by atoms with E-state index < -0.39 is 0 Å². The molecule has 1 aromatic rings. The normalized spacial score (nSPS) is 9.29. The van der Waals surface area contributed by atoms with Crippen LogP contribution in [0, 0.1) is 11.5 Å². The predicted molar refractivity (Wildman–Crippen MR) is 65.9 cm³/mol. The summed E-state index contributed by atoms with van der Waals surface area (Å²) in [5.74, 6) is 0.448. The number of rotatable bonds is 4. The third-order valence-electron chi connectivity index (χ3n) is 2.23. The van der Waals surface area contributed by atoms with Gasteiger partial charge in [-0.05, 0) is 25.1 Å². The third kappa shape index (κ3) is 3.11. The summed E-state index contributed by atoms with van der Waals surface area (Å²) in [6.07, 6.45) is 2.06. The van der Waals surface area contributed by atoms with Gasteiger partial charge in [-0.3, -0.25) is 9.69 Å². The molecular weight excluding hydrogens is 218 g/mol. The number of hydrogen-bond acceptors (Lipinski definition) is 4. The zero-order chi connectivity index (χ0) is 12.8. The van der Waals surface area contributed by atoms with Gasteiger partial charge in [0.1, 0.15) is 5.75 Å². The third-order valence-corrected chi connectivity index (χ3v) is 2.23. The lowest BCUT2D eigenvalue weighted by Crippen LogP contribution is -2.16. The molecule has 5 nitrogen and oxygen atoms in total. The van der Waals surface area contributed by atoms with Crippen molar-refractivity contribution in [1.82, 2.24) is 0 Å². The van der Waals surface area contributed by atoms with E-state index in [9.17, 15) is 4.79 Å². The maximum Gasteiger partial charge on any atom is 0.221 e. The molecule has 0 aromatic heterocycles. The van der Waals surface area contributed by atoms with Crippen molar-refractivity contribution in [1.29, 1.82) is 5.26 Å². The van der Waals surface area contributed by atoms with Crippen molar-refractivity contribution in [3.63, 3.8) is 0 Å². The van der Waals surface area contributed by atoms with Gasteiger partial charge >= 0.3 is 0 Å². The largest absolute Gasteiger partial charge is 0.495 e. The summed E-state index contributed by atoms with van der Waals surface area (Å²) in [6, 6.07) is 5.17. The van der Waals surface area contributed by atoms with Crippen LogP contribution >= 0.6 is 0 Å². The first-order chi connectivity index (χ1) is 8.12. The van der Waals surface area contributed by atoms with E-state index in [2.05, 4.69) is 11.5 Å². The van der Waals surface area contributed by atoms with Gasteiger partial charge in [-0.15, -0.1) is 0 Å². The van der Waals surface area contributed by atoms with E-state index in [-0.39, 0.29) is 5.91 Å². The van der Waals surface area contributed by atoms with Crippen molar-refractivity contribution in [2.24, 2.45) is 0 Å². The molecule has 1 N–H and O–H groups in total. The maximum atomic E-state index is 11.0. The highest BCUT2D eigenvalue weighted by atomic mass is 16.5. The van der Waals surface area contributed by atoms with Crippen LogP contribution in [-0.2, 0) is 4.79 Å². The Hall–Kier alpha value is -2.22. The molecule has 90 valence electrons. The summed E-state index contributed by atoms with van der Waals surface area (Å²) in [6.45, 7) is 3.84. The Kier molecular flexibility index (Phi) is 4.35. The van der Waals surface area contributed by atoms with E-state index in [1.807, 2.05) is 6.92 Å². The van der Waals surface area contributed by atoms with Gasteiger partial charge in [0.05, 0.1) is 12.8 Å². The standard InChI is InChI=1S/C12H15N3O2/c1-4-15(8-13)11-7-10(14-9(2)16)5-6-12(11)17-3/h5-7H,4H2,1-3H3,(H,14,16). The summed E-state index contributed by atoms with van der Waals surface area (Å²) >= 11 is 0. The Labute approximate surface area is 101 Å². The fourth-order valence-electron chi connectivity index (χ4n) is 1.48. The van der Waals surface area contributed by atoms with E-state index in [1.165, 1.54) is 11.8 Å². The lowest BCUT2D eigenvalue weighted by atomic mass is 10.2. The first kappa shape index (κ1) is 12.8. The Morgan fingerprint density at radius 1 is 1.59 bits per heavy atom. The molecule has 0 saturated carbocycles. The van der Waals surface area contributed by atoms with Crippen LogP contribution in [0.3, 0.4) is 0 Å². The van der Waals surface area contributed by atoms with Crippen LogP contribution in [0.4, 0.5) is 11.4 Å². The van der Waals surface area contributed by atoms with Crippen molar-refractivity contribution in [2.45, 2.75) is 13.8 Å². The molecule has 0 spiro atoms. The number of anilines is 2. The van der Waals surface area contributed by atoms with E-state index in [0.717, 1.165) is 0 Å². The minimum Gasteiger partial charge on any atom is -0.495 e. The number of benzene rings is 1. The van der Waals surface area contributed by atoms with E-state index >= 15 is 0 Å². The molecule has 17 heavy (non-hydrogen) atoms. The van der Waals surface area contributed by atoms with Crippen LogP contribution in [0.5, 0.6) is 5.75 Å². The molecule has 5 heteroatoms. The summed E-state index contributed by atoms with van der Waals surface area (Å²) < 4.78 is 5.18. The number of carbonyl (C=O) groups is 1. The van der Waals surface area contributed by atoms with E-state index in [0.29, 0.717) is 23.7 Å². The smallest absolute Gasteiger partial charge is 0.221 e. The number of hydrogen-bond donors (Lipinski definition) is 1. The molecule has 1 aromatic carbocycles. The summed E-state index contributed by atoms with van der Waals surface area (Å²) in [5, 5.41) is 11.7. The van der Waals surface area contributed by atoms with Gasteiger partial charge in [-0.25, -0.2) is 0 Å². The molecular formula is C12H15N3O2. The van der Waals surface area contributed by atoms with Crippen LogP contribution in [0.15, 0.2) is 18.2 Å². The summed E-state index contributed by atoms with van der Waals surface area (Å²) in [7, 11) is 1.54. The number of nitrogens with one attached hydrogen (secondary N) is 1. The Bertz CT molecular complexity index is 452. The highest BCUT2D eigenvalue weighted by Gasteiger charge is 2.11. The highest BCUT2D eigenvalue weighted by molar-refractivity contribution is 5.89. The Morgan fingerprint density at radius 3 is 2.76 bits per heavy atom. The number of carbonyl (C=O) groups excluding carboxylic acids is 1. The number of nitriles is 1. The second-order valence-electron chi connectivity index (χ2n) is 3.41. The van der Waals surface area contributed by atoms with Crippen LogP contribution in [0.2, 0.25) is 0 Å². The molecule has 0 fully saturated rings. The zero-order valence-corrected chi connectivity index (χ0v) is 10.2. The van der Waals surface area contributed by atoms with Gasteiger partial charge in [0.2, 0.25) is 5.91 Å². The van der Waals surface area contributed by atoms with Gasteiger partial charge in [0.25, 0.3) is 0 Å². The van der Waals surface area contributed by atoms with Gasteiger partial charge in [0, 0.05) is 19.2 Å². The van der Waals surface area contributed by atoms with Gasteiger partial charge in [0.15, 0.2) is 6.19 Å². The number of nitrogens with zero attached hydrogens (tertiary/aromatic N) is 2. The van der Waals surface area contributed by atoms with Gasteiger partial charge in [-0.1, -0.05) is 0 Å². The number of methoxy groups -OCH3 is 1. The quantitative estimate of drug-likeness (QED) is 0.637. The second kappa shape index (κ2) is 5.75. The van der Waals surface area contributed by atoms with Crippen LogP contribution < -0.4 is 15.0 Å². The van der Waals surface area contributed by atoms with Crippen molar-refractivity contribution < 1.29 is 9.53 Å². The predicted octanol–water partition coefficient (Wildman–Crippen LogP) is 1.96. The molecule has 0 heterocycles. The van der Waals surface area contributed by atoms with Crippen LogP contribution in [-0.4, -0.2) is 19.6 Å². The molecule has 0 atom stereocenters. The van der Waals surface area contributed by atoms with Crippen molar-refractivity contribution >= 4 is 17.3 Å². The molecule has 0 aliphatic heterocycles. The zero-order valence-electron chi connectivity index (χ0n) is 10.2. The molecule has 0 radical (unpaired) electrons. The van der Waals surface area contributed by atoms with Crippen molar-refractivity contribution in [3.05, 3.63) is 18.2 Å². The molecule has 0 bridgehead atoms. The average Bonchev–Trinajstić information content (AvgIpc) is 2.30. The SMILES string of the molecule is CCN(C#N)c1cc(NC(C)=O)ccc1OC. The van der Waals surface area contributed by atoms with Gasteiger partial charge < -0.3 is 10.1 Å². The van der Waals surface area contributed by atoms with Gasteiger partial charge in [-0.2, -0.15) is 5.26 Å². The molecule has 1 amide bonds. The Balaban J connectivity index is 3.15. The molecule has 0 aliphatic carbocycles. The topological polar surface area (TPSA) is 65.4 Å². The lowest BCUT2D eigenvalue weighted by molar-refractivity contribution is -0.114. The van der Waals surface area contributed by atoms with Crippen LogP contribution in [0.1, 0.15) is 13.8 Å². The molecule has 0 saturated heterocycles. The van der Waals surface area contributed by atoms with E-state index in [4.69, 9.17) is 10.00 Å². The van der Waals surface area contributed by atoms with Crippen molar-refractivity contribution in [3.8, 4) is 11.9 Å². The lowest BCUT2D eigenvalue weighted by Gasteiger charge is -2.17. The minimum absolute atomic E-state index is 0.152. The second-order valence-corrected chi connectivity index (χ2v) is 3.41. The fourth-order valence-corrected chi connectivity index (χ4v) is 1.48. The maximum absolute atomic E-state index is 11.0. The Morgan fingerprint density at radius 2 is 2.29 bits per heavy atom. The summed E-state index contributed by atoms with van der Waals surface area (Å²) in [5.41, 5.74) is 1.28. The number of amides is 1. The van der Waals surface area contributed by atoms with Crippen LogP contribution in [0.25, 0.3) is 0 Å². The fraction of sp³-hybridized carbons (Fsp3) is 0.333. The van der Waals surface area contributed by atoms with Crippen molar-refractivity contribution in [2.75, 3.05) is 23.9 Å². The number of ether oxygens (including phenoxy) is 1. The monoisotopic (exact) mass is 233 g/mol. The molecule has 0 aliphatic rings. The first-order valence-corrected chi connectivity index (χ1v) is 5.25.